The molecule has 0 unspecified atom stereocenters. The number of methoxy groups -OCH3 is 1. The first-order valence-electron chi connectivity index (χ1n) is 7.50. The van der Waals surface area contributed by atoms with Crippen molar-refractivity contribution in [3.63, 3.8) is 0 Å². The molecule has 4 heteroatoms. The van der Waals surface area contributed by atoms with E-state index in [0.29, 0.717) is 12.5 Å². The van der Waals surface area contributed by atoms with Gasteiger partial charge in [0.25, 0.3) is 0 Å². The second kappa shape index (κ2) is 6.76. The van der Waals surface area contributed by atoms with Crippen molar-refractivity contribution in [3.8, 4) is 11.3 Å². The Labute approximate surface area is 127 Å². The Morgan fingerprint density at radius 1 is 1.29 bits per heavy atom. The standard InChI is InChI=1S/C17H25N3O/c1-5-15-19-16(17(18)20(15)10-12(2)3)14-9-7-6-8-13(14)11-21-4/h6-9,12H,5,10-11,18H2,1-4H3. The van der Waals surface area contributed by atoms with E-state index in [-0.39, 0.29) is 0 Å². The lowest BCUT2D eigenvalue weighted by Gasteiger charge is -2.12. The molecule has 0 saturated carbocycles. The minimum Gasteiger partial charge on any atom is -0.383 e. The van der Waals surface area contributed by atoms with Gasteiger partial charge < -0.3 is 15.0 Å². The molecule has 0 bridgehead atoms. The number of rotatable bonds is 6. The van der Waals surface area contributed by atoms with Crippen molar-refractivity contribution < 1.29 is 4.74 Å². The van der Waals surface area contributed by atoms with Gasteiger partial charge in [-0.1, -0.05) is 45.0 Å². The van der Waals surface area contributed by atoms with Gasteiger partial charge in [0, 0.05) is 25.6 Å². The summed E-state index contributed by atoms with van der Waals surface area (Å²) in [5.74, 6) is 2.33. The zero-order valence-corrected chi connectivity index (χ0v) is 13.4. The van der Waals surface area contributed by atoms with E-state index >= 15 is 0 Å². The number of imidazole rings is 1. The second-order valence-electron chi connectivity index (χ2n) is 5.71. The van der Waals surface area contributed by atoms with Gasteiger partial charge in [-0.05, 0) is 11.5 Å². The van der Waals surface area contributed by atoms with Gasteiger partial charge in [0.05, 0.1) is 6.61 Å². The molecular weight excluding hydrogens is 262 g/mol. The number of aromatic nitrogens is 2. The van der Waals surface area contributed by atoms with E-state index in [4.69, 9.17) is 15.5 Å². The van der Waals surface area contributed by atoms with Gasteiger partial charge in [0.1, 0.15) is 17.3 Å². The first-order chi connectivity index (χ1) is 10.1. The molecule has 0 radical (unpaired) electrons. The van der Waals surface area contributed by atoms with Crippen molar-refractivity contribution in [1.29, 1.82) is 0 Å². The molecule has 0 saturated heterocycles. The summed E-state index contributed by atoms with van der Waals surface area (Å²) >= 11 is 0. The Morgan fingerprint density at radius 2 is 2.00 bits per heavy atom. The van der Waals surface area contributed by atoms with Crippen molar-refractivity contribution >= 4 is 5.82 Å². The van der Waals surface area contributed by atoms with E-state index in [9.17, 15) is 0 Å². The SMILES string of the molecule is CCc1nc(-c2ccccc2COC)c(N)n1CC(C)C. The number of nitrogens with two attached hydrogens (primary N) is 1. The largest absolute Gasteiger partial charge is 0.383 e. The lowest BCUT2D eigenvalue weighted by atomic mass is 10.1. The molecule has 1 aromatic carbocycles. The monoisotopic (exact) mass is 287 g/mol. The van der Waals surface area contributed by atoms with Gasteiger partial charge in [-0.25, -0.2) is 4.98 Å². The first kappa shape index (κ1) is 15.6. The van der Waals surface area contributed by atoms with Crippen LogP contribution >= 0.6 is 0 Å². The fraction of sp³-hybridized carbons (Fsp3) is 0.471. The van der Waals surface area contributed by atoms with Crippen LogP contribution in [0.1, 0.15) is 32.2 Å². The second-order valence-corrected chi connectivity index (χ2v) is 5.71. The molecule has 2 N–H and O–H groups in total. The zero-order valence-electron chi connectivity index (χ0n) is 13.4. The van der Waals surface area contributed by atoms with Crippen LogP contribution in [-0.4, -0.2) is 16.7 Å². The van der Waals surface area contributed by atoms with Crippen LogP contribution in [0.2, 0.25) is 0 Å². The Hall–Kier alpha value is -1.81. The van der Waals surface area contributed by atoms with E-state index in [0.717, 1.165) is 41.4 Å². The van der Waals surface area contributed by atoms with Crippen LogP contribution in [0.25, 0.3) is 11.3 Å². The minimum atomic E-state index is 0.536. The third kappa shape index (κ3) is 3.27. The van der Waals surface area contributed by atoms with Gasteiger partial charge in [-0.2, -0.15) is 0 Å². The maximum absolute atomic E-state index is 6.38. The molecule has 0 aliphatic heterocycles. The van der Waals surface area contributed by atoms with Crippen molar-refractivity contribution in [2.24, 2.45) is 5.92 Å². The lowest BCUT2D eigenvalue weighted by Crippen LogP contribution is -2.11. The van der Waals surface area contributed by atoms with Crippen molar-refractivity contribution in [3.05, 3.63) is 35.7 Å². The van der Waals surface area contributed by atoms with Gasteiger partial charge in [0.15, 0.2) is 0 Å². The quantitative estimate of drug-likeness (QED) is 0.884. The van der Waals surface area contributed by atoms with Crippen LogP contribution in [0.4, 0.5) is 5.82 Å². The Bertz CT molecular complexity index is 602. The third-order valence-electron chi connectivity index (χ3n) is 3.52. The molecule has 0 spiro atoms. The summed E-state index contributed by atoms with van der Waals surface area (Å²) in [6.45, 7) is 7.96. The summed E-state index contributed by atoms with van der Waals surface area (Å²) in [5, 5.41) is 0. The topological polar surface area (TPSA) is 53.1 Å². The van der Waals surface area contributed by atoms with Crippen LogP contribution in [0.15, 0.2) is 24.3 Å². The van der Waals surface area contributed by atoms with E-state index in [2.05, 4.69) is 37.5 Å². The molecule has 1 aromatic heterocycles. The number of hydrogen-bond donors (Lipinski definition) is 1. The van der Waals surface area contributed by atoms with Gasteiger partial charge in [0.2, 0.25) is 0 Å². The minimum absolute atomic E-state index is 0.536. The molecule has 2 rings (SSSR count). The lowest BCUT2D eigenvalue weighted by molar-refractivity contribution is 0.185. The maximum Gasteiger partial charge on any atom is 0.131 e. The Kier molecular flexibility index (Phi) is 5.02. The molecule has 2 aromatic rings. The predicted molar refractivity (Wildman–Crippen MR) is 87.0 cm³/mol. The Morgan fingerprint density at radius 3 is 2.62 bits per heavy atom. The summed E-state index contributed by atoms with van der Waals surface area (Å²) < 4.78 is 7.42. The average molecular weight is 287 g/mol. The highest BCUT2D eigenvalue weighted by atomic mass is 16.5. The molecular formula is C17H25N3O. The average Bonchev–Trinajstić information content (AvgIpc) is 2.76. The highest BCUT2D eigenvalue weighted by Gasteiger charge is 2.17. The van der Waals surface area contributed by atoms with Crippen LogP contribution in [0, 0.1) is 5.92 Å². The molecule has 1 heterocycles. The molecule has 0 aliphatic rings. The number of ether oxygens (including phenoxy) is 1. The Balaban J connectivity index is 2.52. The number of anilines is 1. The summed E-state index contributed by atoms with van der Waals surface area (Å²) in [6, 6.07) is 8.15. The molecule has 21 heavy (non-hydrogen) atoms. The molecule has 0 amide bonds. The number of hydrogen-bond acceptors (Lipinski definition) is 3. The summed E-state index contributed by atoms with van der Waals surface area (Å²) in [7, 11) is 1.70. The van der Waals surface area contributed by atoms with E-state index in [1.165, 1.54) is 0 Å². The predicted octanol–water partition coefficient (Wildman–Crippen LogP) is 3.50. The van der Waals surface area contributed by atoms with Crippen molar-refractivity contribution in [1.82, 2.24) is 9.55 Å². The first-order valence-corrected chi connectivity index (χ1v) is 7.50. The smallest absolute Gasteiger partial charge is 0.131 e. The number of aryl methyl sites for hydroxylation is 1. The normalized spacial score (nSPS) is 11.3. The number of nitrogens with zero attached hydrogens (tertiary/aromatic N) is 2. The van der Waals surface area contributed by atoms with E-state index in [1.54, 1.807) is 7.11 Å². The summed E-state index contributed by atoms with van der Waals surface area (Å²) in [4.78, 5) is 4.78. The van der Waals surface area contributed by atoms with Gasteiger partial charge in [-0.15, -0.1) is 0 Å². The van der Waals surface area contributed by atoms with Crippen LogP contribution in [-0.2, 0) is 24.3 Å². The molecule has 4 nitrogen and oxygen atoms in total. The zero-order chi connectivity index (χ0) is 15.4. The number of benzene rings is 1. The molecule has 114 valence electrons. The summed E-state index contributed by atoms with van der Waals surface area (Å²) in [5.41, 5.74) is 9.44. The highest BCUT2D eigenvalue weighted by Crippen LogP contribution is 2.30. The van der Waals surface area contributed by atoms with E-state index < -0.39 is 0 Å². The van der Waals surface area contributed by atoms with Crippen molar-refractivity contribution in [2.45, 2.75) is 40.3 Å². The maximum atomic E-state index is 6.38. The van der Waals surface area contributed by atoms with Crippen LogP contribution in [0.5, 0.6) is 0 Å². The molecule has 0 atom stereocenters. The van der Waals surface area contributed by atoms with E-state index in [1.807, 2.05) is 12.1 Å². The third-order valence-corrected chi connectivity index (χ3v) is 3.52. The number of nitrogen functional groups attached to an aromatic ring is 1. The van der Waals surface area contributed by atoms with Crippen LogP contribution < -0.4 is 5.73 Å². The van der Waals surface area contributed by atoms with Crippen molar-refractivity contribution in [2.75, 3.05) is 12.8 Å². The fourth-order valence-corrected chi connectivity index (χ4v) is 2.58. The summed E-state index contributed by atoms with van der Waals surface area (Å²) in [6.07, 6.45) is 0.878. The van der Waals surface area contributed by atoms with Crippen LogP contribution in [0.3, 0.4) is 0 Å². The fourth-order valence-electron chi connectivity index (χ4n) is 2.58. The molecule has 0 fully saturated rings. The highest BCUT2D eigenvalue weighted by molar-refractivity contribution is 5.73. The molecule has 0 aliphatic carbocycles. The van der Waals surface area contributed by atoms with Gasteiger partial charge in [-0.3, -0.25) is 0 Å². The van der Waals surface area contributed by atoms with Gasteiger partial charge >= 0.3 is 0 Å².